The van der Waals surface area contributed by atoms with E-state index in [9.17, 15) is 4.79 Å². The molecule has 6 heteroatoms. The summed E-state index contributed by atoms with van der Waals surface area (Å²) >= 11 is 0. The van der Waals surface area contributed by atoms with Crippen LogP contribution in [-0.4, -0.2) is 42.0 Å². The average molecular weight is 470 g/mol. The predicted octanol–water partition coefficient (Wildman–Crippen LogP) is 5.72. The van der Waals surface area contributed by atoms with Gasteiger partial charge in [-0.1, -0.05) is 18.2 Å². The summed E-state index contributed by atoms with van der Waals surface area (Å²) in [7, 11) is 0. The van der Waals surface area contributed by atoms with Gasteiger partial charge in [-0.25, -0.2) is 0 Å². The van der Waals surface area contributed by atoms with E-state index in [-0.39, 0.29) is 5.91 Å². The van der Waals surface area contributed by atoms with Gasteiger partial charge in [0.15, 0.2) is 5.76 Å². The van der Waals surface area contributed by atoms with Crippen LogP contribution in [0.25, 0.3) is 10.9 Å². The number of benzene rings is 2. The van der Waals surface area contributed by atoms with Gasteiger partial charge in [-0.3, -0.25) is 14.7 Å². The number of nitrogens with one attached hydrogen (secondary N) is 1. The molecule has 1 aliphatic rings. The monoisotopic (exact) mass is 469 g/mol. The Morgan fingerprint density at radius 2 is 1.94 bits per heavy atom. The summed E-state index contributed by atoms with van der Waals surface area (Å²) in [6.07, 6.45) is 4.86. The van der Waals surface area contributed by atoms with E-state index >= 15 is 0 Å². The molecule has 1 fully saturated rings. The van der Waals surface area contributed by atoms with Gasteiger partial charge in [-0.2, -0.15) is 0 Å². The second-order valence-corrected chi connectivity index (χ2v) is 9.24. The maximum Gasteiger partial charge on any atom is 0.291 e. The van der Waals surface area contributed by atoms with Crippen molar-refractivity contribution < 1.29 is 13.9 Å². The molecule has 0 saturated carbocycles. The zero-order chi connectivity index (χ0) is 24.0. The Morgan fingerprint density at radius 3 is 2.77 bits per heavy atom. The summed E-state index contributed by atoms with van der Waals surface area (Å²) in [6, 6.07) is 21.7. The maximum atomic E-state index is 12.2. The highest BCUT2D eigenvalue weighted by molar-refractivity contribution is 6.02. The zero-order valence-corrected chi connectivity index (χ0v) is 20.1. The number of fused-ring (bicyclic) bond motifs is 1. The van der Waals surface area contributed by atoms with Gasteiger partial charge in [0.25, 0.3) is 5.91 Å². The third kappa shape index (κ3) is 5.89. The molecule has 35 heavy (non-hydrogen) atoms. The fourth-order valence-electron chi connectivity index (χ4n) is 4.76. The molecular weight excluding hydrogens is 438 g/mol. The summed E-state index contributed by atoms with van der Waals surface area (Å²) < 4.78 is 11.3. The Hall–Kier alpha value is -3.64. The second kappa shape index (κ2) is 10.7. The molecule has 2 aromatic heterocycles. The molecule has 1 N–H and O–H groups in total. The first-order valence-corrected chi connectivity index (χ1v) is 12.3. The van der Waals surface area contributed by atoms with E-state index in [1.807, 2.05) is 43.3 Å². The third-order valence-corrected chi connectivity index (χ3v) is 6.66. The highest BCUT2D eigenvalue weighted by Gasteiger charge is 2.20. The number of hydrogen-bond donors (Lipinski definition) is 1. The number of nitrogens with zero attached hydrogens (tertiary/aromatic N) is 2. The standard InChI is InChI=1S/C29H31N3O3/c1-21-10-11-25-26(30-21)7-3-8-27(25)35-18-16-32-14-12-22(13-15-32)19-23-5-2-6-24(20-23)31-29(33)28-9-4-17-34-28/h2-11,17,20,22H,12-16,18-19H2,1H3,(H,31,33). The van der Waals surface area contributed by atoms with Crippen LogP contribution in [0.15, 0.2) is 77.4 Å². The highest BCUT2D eigenvalue weighted by Crippen LogP contribution is 2.26. The van der Waals surface area contributed by atoms with Crippen LogP contribution in [0, 0.1) is 12.8 Å². The van der Waals surface area contributed by atoms with E-state index in [1.165, 1.54) is 24.7 Å². The van der Waals surface area contributed by atoms with Crippen molar-refractivity contribution in [2.75, 3.05) is 31.6 Å². The van der Waals surface area contributed by atoms with Crippen molar-refractivity contribution in [2.45, 2.75) is 26.2 Å². The topological polar surface area (TPSA) is 67.6 Å². The number of hydrogen-bond acceptors (Lipinski definition) is 5. The number of pyridine rings is 1. The Labute approximate surface area is 205 Å². The molecule has 0 aliphatic carbocycles. The van der Waals surface area contributed by atoms with Crippen LogP contribution in [0.2, 0.25) is 0 Å². The van der Waals surface area contributed by atoms with Gasteiger partial charge in [0.05, 0.1) is 11.8 Å². The smallest absolute Gasteiger partial charge is 0.291 e. The number of carbonyl (C=O) groups is 1. The minimum absolute atomic E-state index is 0.224. The van der Waals surface area contributed by atoms with Crippen LogP contribution >= 0.6 is 0 Å². The molecule has 6 nitrogen and oxygen atoms in total. The number of piperidine rings is 1. The summed E-state index contributed by atoms with van der Waals surface area (Å²) in [4.78, 5) is 19.3. The summed E-state index contributed by atoms with van der Waals surface area (Å²) in [5, 5.41) is 3.99. The SMILES string of the molecule is Cc1ccc2c(OCCN3CCC(Cc4cccc(NC(=O)c5ccco5)c4)CC3)cccc2n1. The van der Waals surface area contributed by atoms with Crippen LogP contribution in [0.5, 0.6) is 5.75 Å². The number of aryl methyl sites for hydroxylation is 1. The van der Waals surface area contributed by atoms with Crippen molar-refractivity contribution in [1.82, 2.24) is 9.88 Å². The van der Waals surface area contributed by atoms with E-state index in [2.05, 4.69) is 33.4 Å². The van der Waals surface area contributed by atoms with Crippen molar-refractivity contribution in [3.8, 4) is 5.75 Å². The Bertz CT molecular complexity index is 1280. The summed E-state index contributed by atoms with van der Waals surface area (Å²) in [6.45, 7) is 5.78. The van der Waals surface area contributed by atoms with Crippen molar-refractivity contribution in [3.05, 3.63) is 90.0 Å². The average Bonchev–Trinajstić information content (AvgIpc) is 3.41. The molecule has 2 aromatic carbocycles. The number of aromatic nitrogens is 1. The van der Waals surface area contributed by atoms with Crippen LogP contribution in [0.4, 0.5) is 5.69 Å². The van der Waals surface area contributed by atoms with Gasteiger partial charge in [-0.05, 0) is 99.3 Å². The van der Waals surface area contributed by atoms with E-state index in [0.717, 1.165) is 54.1 Å². The van der Waals surface area contributed by atoms with Crippen molar-refractivity contribution >= 4 is 22.5 Å². The van der Waals surface area contributed by atoms with E-state index in [4.69, 9.17) is 9.15 Å². The molecule has 1 amide bonds. The van der Waals surface area contributed by atoms with Gasteiger partial charge < -0.3 is 14.5 Å². The number of ether oxygens (including phenoxy) is 1. The molecule has 1 saturated heterocycles. The number of anilines is 1. The third-order valence-electron chi connectivity index (χ3n) is 6.66. The van der Waals surface area contributed by atoms with Gasteiger partial charge in [0.2, 0.25) is 0 Å². The summed E-state index contributed by atoms with van der Waals surface area (Å²) in [5.41, 5.74) is 4.05. The molecule has 0 atom stereocenters. The molecule has 0 radical (unpaired) electrons. The van der Waals surface area contributed by atoms with E-state index in [1.54, 1.807) is 12.1 Å². The lowest BCUT2D eigenvalue weighted by molar-refractivity contribution is 0.0996. The predicted molar refractivity (Wildman–Crippen MR) is 138 cm³/mol. The maximum absolute atomic E-state index is 12.2. The number of rotatable bonds is 8. The first kappa shape index (κ1) is 23.1. The van der Waals surface area contributed by atoms with Crippen molar-refractivity contribution in [1.29, 1.82) is 0 Å². The fraction of sp³-hybridized carbons (Fsp3) is 0.310. The minimum atomic E-state index is -0.224. The summed E-state index contributed by atoms with van der Waals surface area (Å²) in [5.74, 6) is 1.65. The molecule has 1 aliphatic heterocycles. The molecule has 3 heterocycles. The largest absolute Gasteiger partial charge is 0.492 e. The molecular formula is C29H31N3O3. The molecule has 0 spiro atoms. The fourth-order valence-corrected chi connectivity index (χ4v) is 4.76. The zero-order valence-electron chi connectivity index (χ0n) is 20.1. The molecule has 180 valence electrons. The molecule has 0 unspecified atom stereocenters. The Kier molecular flexibility index (Phi) is 7.09. The van der Waals surface area contributed by atoms with Crippen LogP contribution < -0.4 is 10.1 Å². The van der Waals surface area contributed by atoms with Crippen molar-refractivity contribution in [2.24, 2.45) is 5.92 Å². The van der Waals surface area contributed by atoms with Gasteiger partial charge in [-0.15, -0.1) is 0 Å². The van der Waals surface area contributed by atoms with Crippen LogP contribution in [0.3, 0.4) is 0 Å². The number of furan rings is 1. The second-order valence-electron chi connectivity index (χ2n) is 9.24. The molecule has 5 rings (SSSR count). The highest BCUT2D eigenvalue weighted by atomic mass is 16.5. The first-order valence-electron chi connectivity index (χ1n) is 12.3. The van der Waals surface area contributed by atoms with E-state index in [0.29, 0.717) is 18.3 Å². The number of amides is 1. The van der Waals surface area contributed by atoms with Gasteiger partial charge in [0.1, 0.15) is 12.4 Å². The molecule has 0 bridgehead atoms. The Balaban J connectivity index is 1.08. The quantitative estimate of drug-likeness (QED) is 0.357. The van der Waals surface area contributed by atoms with Crippen LogP contribution in [0.1, 0.15) is 34.7 Å². The van der Waals surface area contributed by atoms with Gasteiger partial charge in [0, 0.05) is 23.3 Å². The van der Waals surface area contributed by atoms with Crippen LogP contribution in [-0.2, 0) is 6.42 Å². The van der Waals surface area contributed by atoms with Crippen molar-refractivity contribution in [3.63, 3.8) is 0 Å². The lowest BCUT2D eigenvalue weighted by Gasteiger charge is -2.32. The first-order chi connectivity index (χ1) is 17.1. The number of likely N-dealkylation sites (tertiary alicyclic amines) is 1. The van der Waals surface area contributed by atoms with Gasteiger partial charge >= 0.3 is 0 Å². The number of carbonyl (C=O) groups excluding carboxylic acids is 1. The lowest BCUT2D eigenvalue weighted by atomic mass is 9.90. The van der Waals surface area contributed by atoms with E-state index < -0.39 is 0 Å². The minimum Gasteiger partial charge on any atom is -0.492 e. The lowest BCUT2D eigenvalue weighted by Crippen LogP contribution is -2.37. The normalized spacial score (nSPS) is 14.8. The Morgan fingerprint density at radius 1 is 1.09 bits per heavy atom. The molecule has 4 aromatic rings.